The Morgan fingerprint density at radius 2 is 1.78 bits per heavy atom. The normalized spacial score (nSPS) is 10.8. The fourth-order valence-corrected chi connectivity index (χ4v) is 2.63. The molecule has 0 saturated carbocycles. The first-order valence-electron chi connectivity index (χ1n) is 7.31. The summed E-state index contributed by atoms with van der Waals surface area (Å²) < 4.78 is 7.25. The molecular weight excluding hydrogens is 290 g/mol. The van der Waals surface area contributed by atoms with Gasteiger partial charge in [0.15, 0.2) is 0 Å². The Kier molecular flexibility index (Phi) is 3.73. The van der Waals surface area contributed by atoms with Gasteiger partial charge in [0.05, 0.1) is 24.2 Å². The zero-order valence-electron chi connectivity index (χ0n) is 13.7. The highest BCUT2D eigenvalue weighted by atomic mass is 16.5. The first-order chi connectivity index (χ1) is 11.0. The standard InChI is InChI=1S/C17H19N5O/c1-10-8-15(20-17(18)19-10)14-6-5-13(23-4)9-16(14)22-12(3)7-11(2)21-22/h5-9H,1-4H3,(H2,18,19,20). The van der Waals surface area contributed by atoms with Gasteiger partial charge in [-0.3, -0.25) is 0 Å². The smallest absolute Gasteiger partial charge is 0.220 e. The van der Waals surface area contributed by atoms with Crippen LogP contribution in [0.1, 0.15) is 17.1 Å². The lowest BCUT2D eigenvalue weighted by Gasteiger charge is -2.13. The van der Waals surface area contributed by atoms with Crippen molar-refractivity contribution in [1.82, 2.24) is 19.7 Å². The molecule has 6 nitrogen and oxygen atoms in total. The van der Waals surface area contributed by atoms with E-state index in [4.69, 9.17) is 10.5 Å². The Balaban J connectivity index is 2.26. The number of hydrogen-bond donors (Lipinski definition) is 1. The molecule has 2 N–H and O–H groups in total. The number of aryl methyl sites for hydroxylation is 3. The van der Waals surface area contributed by atoms with E-state index in [1.54, 1.807) is 7.11 Å². The Bertz CT molecular complexity index is 849. The molecule has 0 bridgehead atoms. The largest absolute Gasteiger partial charge is 0.497 e. The number of aromatic nitrogens is 4. The summed E-state index contributed by atoms with van der Waals surface area (Å²) in [5.74, 6) is 1.02. The molecule has 0 spiro atoms. The van der Waals surface area contributed by atoms with Crippen LogP contribution < -0.4 is 10.5 Å². The highest BCUT2D eigenvalue weighted by Crippen LogP contribution is 2.30. The van der Waals surface area contributed by atoms with Crippen LogP contribution in [-0.2, 0) is 0 Å². The van der Waals surface area contributed by atoms with Gasteiger partial charge in [-0.15, -0.1) is 0 Å². The fourth-order valence-electron chi connectivity index (χ4n) is 2.63. The SMILES string of the molecule is COc1ccc(-c2cc(C)nc(N)n2)c(-n2nc(C)cc2C)c1. The predicted octanol–water partition coefficient (Wildman–Crippen LogP) is 2.85. The molecule has 0 unspecified atom stereocenters. The van der Waals surface area contributed by atoms with Gasteiger partial charge in [0.2, 0.25) is 5.95 Å². The minimum Gasteiger partial charge on any atom is -0.497 e. The van der Waals surface area contributed by atoms with Crippen molar-refractivity contribution in [3.05, 3.63) is 47.4 Å². The van der Waals surface area contributed by atoms with Gasteiger partial charge in [0.1, 0.15) is 5.75 Å². The van der Waals surface area contributed by atoms with Crippen LogP contribution in [0.2, 0.25) is 0 Å². The molecule has 3 aromatic rings. The molecule has 118 valence electrons. The number of ether oxygens (including phenoxy) is 1. The molecule has 0 fully saturated rings. The molecule has 3 rings (SSSR count). The average Bonchev–Trinajstić information content (AvgIpc) is 2.84. The highest BCUT2D eigenvalue weighted by molar-refractivity contribution is 5.72. The van der Waals surface area contributed by atoms with Crippen molar-refractivity contribution in [2.75, 3.05) is 12.8 Å². The average molecular weight is 309 g/mol. The second kappa shape index (κ2) is 5.72. The molecule has 6 heteroatoms. The van der Waals surface area contributed by atoms with Crippen LogP contribution in [0.25, 0.3) is 16.9 Å². The van der Waals surface area contributed by atoms with Crippen molar-refractivity contribution in [2.24, 2.45) is 0 Å². The molecule has 2 heterocycles. The summed E-state index contributed by atoms with van der Waals surface area (Å²) in [5.41, 5.74) is 11.2. The molecule has 1 aromatic carbocycles. The van der Waals surface area contributed by atoms with Crippen LogP contribution in [0.15, 0.2) is 30.3 Å². The van der Waals surface area contributed by atoms with Crippen molar-refractivity contribution in [3.63, 3.8) is 0 Å². The maximum atomic E-state index is 5.81. The molecule has 0 atom stereocenters. The third-order valence-corrected chi connectivity index (χ3v) is 3.59. The molecular formula is C17H19N5O. The van der Waals surface area contributed by atoms with Gasteiger partial charge in [0.25, 0.3) is 0 Å². The first-order valence-corrected chi connectivity index (χ1v) is 7.31. The summed E-state index contributed by atoms with van der Waals surface area (Å²) in [6, 6.07) is 9.75. The van der Waals surface area contributed by atoms with Gasteiger partial charge >= 0.3 is 0 Å². The minimum absolute atomic E-state index is 0.259. The maximum Gasteiger partial charge on any atom is 0.220 e. The number of nitrogen functional groups attached to an aromatic ring is 1. The van der Waals surface area contributed by atoms with Gasteiger partial charge in [-0.05, 0) is 45.0 Å². The number of benzene rings is 1. The number of nitrogens with two attached hydrogens (primary N) is 1. The lowest BCUT2D eigenvalue weighted by molar-refractivity contribution is 0.414. The second-order valence-corrected chi connectivity index (χ2v) is 5.47. The number of hydrogen-bond acceptors (Lipinski definition) is 5. The first kappa shape index (κ1) is 15.0. The Morgan fingerprint density at radius 3 is 2.39 bits per heavy atom. The molecule has 0 aliphatic heterocycles. The molecule has 0 aliphatic carbocycles. The fraction of sp³-hybridized carbons (Fsp3) is 0.235. The molecule has 23 heavy (non-hydrogen) atoms. The second-order valence-electron chi connectivity index (χ2n) is 5.47. The van der Waals surface area contributed by atoms with Crippen molar-refractivity contribution < 1.29 is 4.74 Å². The van der Waals surface area contributed by atoms with Crippen molar-refractivity contribution in [3.8, 4) is 22.7 Å². The number of methoxy groups -OCH3 is 1. The molecule has 0 radical (unpaired) electrons. The summed E-state index contributed by atoms with van der Waals surface area (Å²) in [6.45, 7) is 5.88. The van der Waals surface area contributed by atoms with Gasteiger partial charge < -0.3 is 10.5 Å². The van der Waals surface area contributed by atoms with Crippen molar-refractivity contribution in [1.29, 1.82) is 0 Å². The number of rotatable bonds is 3. The van der Waals surface area contributed by atoms with Gasteiger partial charge in [-0.25, -0.2) is 14.6 Å². The summed E-state index contributed by atoms with van der Waals surface area (Å²) in [4.78, 5) is 8.50. The third kappa shape index (κ3) is 2.88. The zero-order chi connectivity index (χ0) is 16.6. The van der Waals surface area contributed by atoms with E-state index in [0.717, 1.165) is 39.8 Å². The van der Waals surface area contributed by atoms with E-state index in [2.05, 4.69) is 15.1 Å². The van der Waals surface area contributed by atoms with Crippen LogP contribution >= 0.6 is 0 Å². The predicted molar refractivity (Wildman–Crippen MR) is 89.8 cm³/mol. The van der Waals surface area contributed by atoms with E-state index in [-0.39, 0.29) is 5.95 Å². The van der Waals surface area contributed by atoms with E-state index >= 15 is 0 Å². The Hall–Kier alpha value is -2.89. The summed E-state index contributed by atoms with van der Waals surface area (Å²) in [7, 11) is 1.65. The third-order valence-electron chi connectivity index (χ3n) is 3.59. The van der Waals surface area contributed by atoms with Crippen molar-refractivity contribution in [2.45, 2.75) is 20.8 Å². The van der Waals surface area contributed by atoms with Crippen LogP contribution in [0.4, 0.5) is 5.95 Å². The monoisotopic (exact) mass is 309 g/mol. The zero-order valence-corrected chi connectivity index (χ0v) is 13.7. The summed E-state index contributed by atoms with van der Waals surface area (Å²) in [5, 5.41) is 4.57. The highest BCUT2D eigenvalue weighted by Gasteiger charge is 2.14. The van der Waals surface area contributed by atoms with Crippen LogP contribution in [0.3, 0.4) is 0 Å². The topological polar surface area (TPSA) is 78.9 Å². The quantitative estimate of drug-likeness (QED) is 0.805. The molecule has 2 aromatic heterocycles. The molecule has 0 saturated heterocycles. The molecule has 0 amide bonds. The lowest BCUT2D eigenvalue weighted by Crippen LogP contribution is -2.04. The van der Waals surface area contributed by atoms with Gasteiger partial charge in [0, 0.05) is 23.0 Å². The van der Waals surface area contributed by atoms with E-state index in [1.807, 2.05) is 55.8 Å². The van der Waals surface area contributed by atoms with E-state index in [9.17, 15) is 0 Å². The number of anilines is 1. The number of nitrogens with zero attached hydrogens (tertiary/aromatic N) is 4. The lowest BCUT2D eigenvalue weighted by atomic mass is 10.1. The van der Waals surface area contributed by atoms with Crippen LogP contribution in [0, 0.1) is 20.8 Å². The summed E-state index contributed by atoms with van der Waals surface area (Å²) >= 11 is 0. The van der Waals surface area contributed by atoms with Crippen LogP contribution in [0.5, 0.6) is 5.75 Å². The van der Waals surface area contributed by atoms with Crippen LogP contribution in [-0.4, -0.2) is 26.9 Å². The minimum atomic E-state index is 0.259. The summed E-state index contributed by atoms with van der Waals surface area (Å²) in [6.07, 6.45) is 0. The van der Waals surface area contributed by atoms with Gasteiger partial charge in [-0.2, -0.15) is 5.10 Å². The van der Waals surface area contributed by atoms with Gasteiger partial charge in [-0.1, -0.05) is 0 Å². The molecule has 0 aliphatic rings. The van der Waals surface area contributed by atoms with E-state index in [0.29, 0.717) is 0 Å². The Labute approximate surface area is 135 Å². The van der Waals surface area contributed by atoms with E-state index < -0.39 is 0 Å². The maximum absolute atomic E-state index is 5.81. The van der Waals surface area contributed by atoms with Crippen molar-refractivity contribution >= 4 is 5.95 Å². The Morgan fingerprint density at radius 1 is 1.00 bits per heavy atom. The van der Waals surface area contributed by atoms with E-state index in [1.165, 1.54) is 0 Å².